The average molecular weight is 350 g/mol. The first-order chi connectivity index (χ1) is 12.7. The SMILES string of the molecule is O=C(c1cn[nH]c1)N1CCCC1Cn1nc(-c2cccnc2)ccc1=O. The van der Waals surface area contributed by atoms with Gasteiger partial charge in [0.25, 0.3) is 11.5 Å². The molecule has 8 nitrogen and oxygen atoms in total. The maximum Gasteiger partial charge on any atom is 0.266 e. The van der Waals surface area contributed by atoms with Gasteiger partial charge in [-0.3, -0.25) is 19.7 Å². The zero-order valence-electron chi connectivity index (χ0n) is 14.1. The topological polar surface area (TPSA) is 96.8 Å². The van der Waals surface area contributed by atoms with Gasteiger partial charge >= 0.3 is 0 Å². The van der Waals surface area contributed by atoms with Crippen LogP contribution in [0.3, 0.4) is 0 Å². The van der Waals surface area contributed by atoms with Gasteiger partial charge in [0.2, 0.25) is 0 Å². The van der Waals surface area contributed by atoms with E-state index in [-0.39, 0.29) is 17.5 Å². The van der Waals surface area contributed by atoms with Crippen molar-refractivity contribution < 1.29 is 4.79 Å². The molecular formula is C18H18N6O2. The molecule has 132 valence electrons. The van der Waals surface area contributed by atoms with Gasteiger partial charge in [-0.05, 0) is 31.0 Å². The molecule has 8 heteroatoms. The number of nitrogens with zero attached hydrogens (tertiary/aromatic N) is 5. The van der Waals surface area contributed by atoms with Crippen molar-refractivity contribution in [3.05, 3.63) is 65.0 Å². The van der Waals surface area contributed by atoms with Gasteiger partial charge in [0, 0.05) is 36.8 Å². The third-order valence-electron chi connectivity index (χ3n) is 4.59. The average Bonchev–Trinajstić information content (AvgIpc) is 3.36. The van der Waals surface area contributed by atoms with Gasteiger partial charge in [0.05, 0.1) is 30.0 Å². The number of carbonyl (C=O) groups excluding carboxylic acids is 1. The van der Waals surface area contributed by atoms with Crippen LogP contribution in [-0.4, -0.2) is 48.4 Å². The molecule has 3 aromatic heterocycles. The molecule has 1 atom stereocenters. The van der Waals surface area contributed by atoms with Gasteiger partial charge in [0.15, 0.2) is 0 Å². The number of pyridine rings is 1. The van der Waals surface area contributed by atoms with E-state index in [1.165, 1.54) is 16.9 Å². The third-order valence-corrected chi connectivity index (χ3v) is 4.59. The molecular weight excluding hydrogens is 332 g/mol. The van der Waals surface area contributed by atoms with Gasteiger partial charge in [0.1, 0.15) is 0 Å². The fraction of sp³-hybridized carbons (Fsp3) is 0.278. The molecule has 1 aliphatic rings. The minimum Gasteiger partial charge on any atom is -0.334 e. The van der Waals surface area contributed by atoms with Crippen LogP contribution in [0, 0.1) is 0 Å². The van der Waals surface area contributed by atoms with Crippen LogP contribution in [0.2, 0.25) is 0 Å². The number of amides is 1. The minimum absolute atomic E-state index is 0.0632. The number of aromatic amines is 1. The Morgan fingerprint density at radius 1 is 1.27 bits per heavy atom. The van der Waals surface area contributed by atoms with E-state index in [9.17, 15) is 9.59 Å². The highest BCUT2D eigenvalue weighted by Gasteiger charge is 2.30. The largest absolute Gasteiger partial charge is 0.334 e. The predicted octanol–water partition coefficient (Wildman–Crippen LogP) is 1.33. The smallest absolute Gasteiger partial charge is 0.266 e. The number of nitrogens with one attached hydrogen (secondary N) is 1. The molecule has 1 amide bonds. The molecule has 1 fully saturated rings. The molecule has 4 heterocycles. The molecule has 0 radical (unpaired) electrons. The Bertz CT molecular complexity index is 951. The molecule has 4 rings (SSSR count). The van der Waals surface area contributed by atoms with Gasteiger partial charge in [-0.15, -0.1) is 0 Å². The summed E-state index contributed by atoms with van der Waals surface area (Å²) in [5.74, 6) is -0.0716. The number of rotatable bonds is 4. The predicted molar refractivity (Wildman–Crippen MR) is 94.4 cm³/mol. The van der Waals surface area contributed by atoms with E-state index in [1.807, 2.05) is 12.1 Å². The van der Waals surface area contributed by atoms with Crippen molar-refractivity contribution in [3.8, 4) is 11.3 Å². The maximum atomic E-state index is 12.6. The standard InChI is InChI=1S/C18H18N6O2/c25-17-6-5-16(13-3-1-7-19-9-13)22-24(17)12-15-4-2-8-23(15)18(26)14-10-20-21-11-14/h1,3,5-7,9-11,15H,2,4,8,12H2,(H,20,21). The third kappa shape index (κ3) is 3.13. The van der Waals surface area contributed by atoms with E-state index < -0.39 is 0 Å². The summed E-state index contributed by atoms with van der Waals surface area (Å²) in [6.07, 6.45) is 8.26. The van der Waals surface area contributed by atoms with Crippen molar-refractivity contribution in [1.29, 1.82) is 0 Å². The molecule has 1 aliphatic heterocycles. The second-order valence-corrected chi connectivity index (χ2v) is 6.26. The normalized spacial score (nSPS) is 16.8. The minimum atomic E-state index is -0.180. The Hall–Kier alpha value is -3.29. The van der Waals surface area contributed by atoms with Crippen LogP contribution in [0.25, 0.3) is 11.3 Å². The van der Waals surface area contributed by atoms with Crippen molar-refractivity contribution in [2.75, 3.05) is 6.54 Å². The number of aromatic nitrogens is 5. The van der Waals surface area contributed by atoms with Gasteiger partial charge in [-0.25, -0.2) is 4.68 Å². The summed E-state index contributed by atoms with van der Waals surface area (Å²) in [6.45, 7) is 1.04. The second kappa shape index (κ2) is 6.91. The maximum absolute atomic E-state index is 12.6. The van der Waals surface area contributed by atoms with Gasteiger partial charge < -0.3 is 4.90 Å². The Labute approximate surface area is 149 Å². The molecule has 3 aromatic rings. The van der Waals surface area contributed by atoms with E-state index in [0.29, 0.717) is 24.3 Å². The van der Waals surface area contributed by atoms with Crippen LogP contribution in [0.4, 0.5) is 0 Å². The van der Waals surface area contributed by atoms with Crippen LogP contribution < -0.4 is 5.56 Å². The van der Waals surface area contributed by atoms with Crippen molar-refractivity contribution >= 4 is 5.91 Å². The zero-order chi connectivity index (χ0) is 17.9. The Morgan fingerprint density at radius 3 is 2.96 bits per heavy atom. The summed E-state index contributed by atoms with van der Waals surface area (Å²) in [5.41, 5.74) is 1.88. The molecule has 0 saturated carbocycles. The quantitative estimate of drug-likeness (QED) is 0.766. The molecule has 0 aromatic carbocycles. The van der Waals surface area contributed by atoms with Crippen LogP contribution in [-0.2, 0) is 6.54 Å². The molecule has 1 saturated heterocycles. The number of carbonyl (C=O) groups is 1. The Balaban J connectivity index is 1.58. The van der Waals surface area contributed by atoms with E-state index in [4.69, 9.17) is 0 Å². The lowest BCUT2D eigenvalue weighted by molar-refractivity contribution is 0.0720. The highest BCUT2D eigenvalue weighted by atomic mass is 16.2. The summed E-state index contributed by atoms with van der Waals surface area (Å²) in [6, 6.07) is 6.86. The number of hydrogen-bond donors (Lipinski definition) is 1. The first kappa shape index (κ1) is 16.2. The van der Waals surface area contributed by atoms with Crippen molar-refractivity contribution in [2.24, 2.45) is 0 Å². The van der Waals surface area contributed by atoms with Crippen molar-refractivity contribution in [1.82, 2.24) is 29.9 Å². The Morgan fingerprint density at radius 2 is 2.19 bits per heavy atom. The lowest BCUT2D eigenvalue weighted by Crippen LogP contribution is -2.40. The van der Waals surface area contributed by atoms with Gasteiger partial charge in [-0.1, -0.05) is 0 Å². The summed E-state index contributed by atoms with van der Waals surface area (Å²) < 4.78 is 1.44. The van der Waals surface area contributed by atoms with Crippen molar-refractivity contribution in [3.63, 3.8) is 0 Å². The number of hydrogen-bond acceptors (Lipinski definition) is 5. The van der Waals surface area contributed by atoms with E-state index in [2.05, 4.69) is 20.3 Å². The lowest BCUT2D eigenvalue weighted by Gasteiger charge is -2.24. The summed E-state index contributed by atoms with van der Waals surface area (Å²) in [4.78, 5) is 30.8. The summed E-state index contributed by atoms with van der Waals surface area (Å²) in [7, 11) is 0. The first-order valence-electron chi connectivity index (χ1n) is 8.51. The van der Waals surface area contributed by atoms with Crippen LogP contribution in [0.5, 0.6) is 0 Å². The summed E-state index contributed by atoms with van der Waals surface area (Å²) in [5, 5.41) is 11.0. The molecule has 0 bridgehead atoms. The molecule has 1 unspecified atom stereocenters. The highest BCUT2D eigenvalue weighted by Crippen LogP contribution is 2.21. The van der Waals surface area contributed by atoms with Crippen LogP contribution in [0.1, 0.15) is 23.2 Å². The molecule has 1 N–H and O–H groups in total. The summed E-state index contributed by atoms with van der Waals surface area (Å²) >= 11 is 0. The van der Waals surface area contributed by atoms with Crippen molar-refractivity contribution in [2.45, 2.75) is 25.4 Å². The second-order valence-electron chi connectivity index (χ2n) is 6.26. The monoisotopic (exact) mass is 350 g/mol. The fourth-order valence-corrected chi connectivity index (χ4v) is 3.27. The van der Waals surface area contributed by atoms with Crippen LogP contribution >= 0.6 is 0 Å². The molecule has 26 heavy (non-hydrogen) atoms. The highest BCUT2D eigenvalue weighted by molar-refractivity contribution is 5.94. The fourth-order valence-electron chi connectivity index (χ4n) is 3.27. The van der Waals surface area contributed by atoms with E-state index >= 15 is 0 Å². The van der Waals surface area contributed by atoms with E-state index in [0.717, 1.165) is 18.4 Å². The number of H-pyrrole nitrogens is 1. The number of likely N-dealkylation sites (tertiary alicyclic amines) is 1. The van der Waals surface area contributed by atoms with Crippen LogP contribution in [0.15, 0.2) is 53.8 Å². The zero-order valence-corrected chi connectivity index (χ0v) is 14.1. The lowest BCUT2D eigenvalue weighted by atomic mass is 10.2. The molecule has 0 aliphatic carbocycles. The van der Waals surface area contributed by atoms with E-state index in [1.54, 1.807) is 29.6 Å². The first-order valence-corrected chi connectivity index (χ1v) is 8.51. The molecule has 0 spiro atoms. The Kier molecular flexibility index (Phi) is 4.30. The van der Waals surface area contributed by atoms with Gasteiger partial charge in [-0.2, -0.15) is 10.2 Å².